The number of allylic oxidation sites excluding steroid dienone is 6. The zero-order chi connectivity index (χ0) is 14.8. The van der Waals surface area contributed by atoms with Crippen molar-refractivity contribution < 1.29 is 4.79 Å². The molecule has 2 N–H and O–H groups in total. The van der Waals surface area contributed by atoms with Crippen molar-refractivity contribution in [3.05, 3.63) is 48.5 Å². The fourth-order valence-corrected chi connectivity index (χ4v) is 2.21. The van der Waals surface area contributed by atoms with Gasteiger partial charge in [0.05, 0.1) is 6.42 Å². The first-order valence-corrected chi connectivity index (χ1v) is 7.43. The van der Waals surface area contributed by atoms with Crippen molar-refractivity contribution in [2.45, 2.75) is 39.5 Å². The topological polar surface area (TPSA) is 41.1 Å². The van der Waals surface area contributed by atoms with Gasteiger partial charge in [-0.25, -0.2) is 0 Å². The lowest BCUT2D eigenvalue weighted by atomic mass is 10.0. The number of ketones is 1. The Balaban J connectivity index is 2.57. The van der Waals surface area contributed by atoms with Gasteiger partial charge in [-0.2, -0.15) is 0 Å². The standard InChI is InChI=1S/C17H26N2O/c1-4-7-8-10-15-11-16(20)12-17(19-15)18-13-14(6-3)9-5-2/h4,7-8,10,12,14,18-19H,1,5-6,9,11,13H2,2-3H3/b8-7-,15-10+. The highest BCUT2D eigenvalue weighted by Gasteiger charge is 2.14. The molecule has 0 spiro atoms. The van der Waals surface area contributed by atoms with E-state index in [1.165, 1.54) is 12.8 Å². The zero-order valence-electron chi connectivity index (χ0n) is 12.6. The van der Waals surface area contributed by atoms with E-state index in [2.05, 4.69) is 31.1 Å². The number of carbonyl (C=O) groups excluding carboxylic acids is 1. The van der Waals surface area contributed by atoms with Crippen molar-refractivity contribution in [3.63, 3.8) is 0 Å². The second-order valence-corrected chi connectivity index (χ2v) is 5.08. The summed E-state index contributed by atoms with van der Waals surface area (Å²) >= 11 is 0. The van der Waals surface area contributed by atoms with Crippen LogP contribution in [-0.2, 0) is 4.79 Å². The fraction of sp³-hybridized carbons (Fsp3) is 0.471. The molecule has 20 heavy (non-hydrogen) atoms. The Bertz CT molecular complexity index is 419. The number of rotatable bonds is 8. The van der Waals surface area contributed by atoms with E-state index in [0.717, 1.165) is 24.5 Å². The van der Waals surface area contributed by atoms with Crippen LogP contribution in [0.25, 0.3) is 0 Å². The minimum atomic E-state index is 0.132. The van der Waals surface area contributed by atoms with Crippen LogP contribution >= 0.6 is 0 Å². The lowest BCUT2D eigenvalue weighted by Gasteiger charge is -2.22. The second-order valence-electron chi connectivity index (χ2n) is 5.08. The minimum absolute atomic E-state index is 0.132. The third-order valence-corrected chi connectivity index (χ3v) is 3.37. The SMILES string of the molecule is C=C/C=C\C=C1/CC(=O)C=C(NCC(CC)CCC)N1. The highest BCUT2D eigenvalue weighted by atomic mass is 16.1. The number of hydrogen-bond acceptors (Lipinski definition) is 3. The summed E-state index contributed by atoms with van der Waals surface area (Å²) in [5.74, 6) is 1.61. The van der Waals surface area contributed by atoms with Crippen LogP contribution in [0.4, 0.5) is 0 Å². The quantitative estimate of drug-likeness (QED) is 0.666. The molecule has 0 saturated carbocycles. The average molecular weight is 274 g/mol. The molecule has 1 rings (SSSR count). The van der Waals surface area contributed by atoms with Crippen LogP contribution in [-0.4, -0.2) is 12.3 Å². The van der Waals surface area contributed by atoms with Gasteiger partial charge in [0.25, 0.3) is 0 Å². The highest BCUT2D eigenvalue weighted by Crippen LogP contribution is 2.12. The van der Waals surface area contributed by atoms with Gasteiger partial charge in [-0.05, 0) is 18.4 Å². The molecule has 1 aliphatic rings. The van der Waals surface area contributed by atoms with Crippen LogP contribution in [0.3, 0.4) is 0 Å². The van der Waals surface area contributed by atoms with Crippen LogP contribution in [0.1, 0.15) is 39.5 Å². The maximum absolute atomic E-state index is 11.7. The maximum Gasteiger partial charge on any atom is 0.165 e. The van der Waals surface area contributed by atoms with Crippen molar-refractivity contribution in [2.75, 3.05) is 6.54 Å². The molecule has 1 unspecified atom stereocenters. The molecule has 1 heterocycles. The summed E-state index contributed by atoms with van der Waals surface area (Å²) in [6, 6.07) is 0. The average Bonchev–Trinajstić information content (AvgIpc) is 2.43. The van der Waals surface area contributed by atoms with Gasteiger partial charge in [-0.3, -0.25) is 4.79 Å². The monoisotopic (exact) mass is 274 g/mol. The third kappa shape index (κ3) is 5.91. The van der Waals surface area contributed by atoms with E-state index in [1.54, 1.807) is 12.2 Å². The Morgan fingerprint density at radius 1 is 1.45 bits per heavy atom. The molecule has 1 aliphatic heterocycles. The van der Waals surface area contributed by atoms with Gasteiger partial charge < -0.3 is 10.6 Å². The Labute approximate surface area is 122 Å². The molecule has 0 aromatic rings. The van der Waals surface area contributed by atoms with Crippen LogP contribution in [0, 0.1) is 5.92 Å². The summed E-state index contributed by atoms with van der Waals surface area (Å²) in [4.78, 5) is 11.7. The summed E-state index contributed by atoms with van der Waals surface area (Å²) in [5, 5.41) is 6.62. The van der Waals surface area contributed by atoms with Gasteiger partial charge in [-0.15, -0.1) is 0 Å². The van der Waals surface area contributed by atoms with Crippen LogP contribution in [0.5, 0.6) is 0 Å². The van der Waals surface area contributed by atoms with Crippen molar-refractivity contribution >= 4 is 5.78 Å². The summed E-state index contributed by atoms with van der Waals surface area (Å²) < 4.78 is 0. The molecule has 0 saturated heterocycles. The number of hydrogen-bond donors (Lipinski definition) is 2. The minimum Gasteiger partial charge on any atom is -0.371 e. The van der Waals surface area contributed by atoms with Gasteiger partial charge in [-0.1, -0.05) is 51.5 Å². The van der Waals surface area contributed by atoms with Gasteiger partial charge in [0, 0.05) is 18.3 Å². The molecule has 0 aromatic carbocycles. The molecule has 0 aliphatic carbocycles. The smallest absolute Gasteiger partial charge is 0.165 e. The second kappa shape index (κ2) is 9.18. The molecule has 0 aromatic heterocycles. The van der Waals surface area contributed by atoms with Crippen molar-refractivity contribution in [1.29, 1.82) is 0 Å². The molecular formula is C17H26N2O. The van der Waals surface area contributed by atoms with E-state index in [-0.39, 0.29) is 5.78 Å². The molecular weight excluding hydrogens is 248 g/mol. The number of nitrogens with one attached hydrogen (secondary N) is 2. The fourth-order valence-electron chi connectivity index (χ4n) is 2.21. The molecule has 1 atom stereocenters. The molecule has 0 bridgehead atoms. The van der Waals surface area contributed by atoms with E-state index in [0.29, 0.717) is 12.3 Å². The first kappa shape index (κ1) is 16.3. The predicted molar refractivity (Wildman–Crippen MR) is 85.0 cm³/mol. The van der Waals surface area contributed by atoms with Crippen molar-refractivity contribution in [3.8, 4) is 0 Å². The van der Waals surface area contributed by atoms with Crippen molar-refractivity contribution in [1.82, 2.24) is 10.6 Å². The van der Waals surface area contributed by atoms with Crippen LogP contribution < -0.4 is 10.6 Å². The number of carbonyl (C=O) groups is 1. The summed E-state index contributed by atoms with van der Waals surface area (Å²) in [6.07, 6.45) is 13.0. The molecule has 3 nitrogen and oxygen atoms in total. The molecule has 110 valence electrons. The van der Waals surface area contributed by atoms with E-state index >= 15 is 0 Å². The zero-order valence-corrected chi connectivity index (χ0v) is 12.6. The molecule has 0 amide bonds. The van der Waals surface area contributed by atoms with E-state index in [1.807, 2.05) is 18.2 Å². The van der Waals surface area contributed by atoms with E-state index in [4.69, 9.17) is 0 Å². The lowest BCUT2D eigenvalue weighted by molar-refractivity contribution is -0.114. The van der Waals surface area contributed by atoms with Crippen LogP contribution in [0.15, 0.2) is 48.5 Å². The normalized spacial score (nSPS) is 18.8. The highest BCUT2D eigenvalue weighted by molar-refractivity contribution is 5.93. The van der Waals surface area contributed by atoms with Crippen molar-refractivity contribution in [2.24, 2.45) is 5.92 Å². The van der Waals surface area contributed by atoms with Crippen LogP contribution in [0.2, 0.25) is 0 Å². The molecule has 3 heteroatoms. The summed E-state index contributed by atoms with van der Waals surface area (Å²) in [6.45, 7) is 8.95. The largest absolute Gasteiger partial charge is 0.371 e. The summed E-state index contributed by atoms with van der Waals surface area (Å²) in [7, 11) is 0. The first-order chi connectivity index (χ1) is 9.69. The Hall–Kier alpha value is -1.77. The summed E-state index contributed by atoms with van der Waals surface area (Å²) in [5.41, 5.74) is 0.918. The Kier molecular flexibility index (Phi) is 7.48. The lowest BCUT2D eigenvalue weighted by Crippen LogP contribution is -2.33. The van der Waals surface area contributed by atoms with E-state index < -0.39 is 0 Å². The van der Waals surface area contributed by atoms with Gasteiger partial charge in [0.1, 0.15) is 5.82 Å². The third-order valence-electron chi connectivity index (χ3n) is 3.37. The Morgan fingerprint density at radius 2 is 2.25 bits per heavy atom. The first-order valence-electron chi connectivity index (χ1n) is 7.43. The molecule has 0 radical (unpaired) electrons. The molecule has 0 fully saturated rings. The Morgan fingerprint density at radius 3 is 2.90 bits per heavy atom. The van der Waals surface area contributed by atoms with Gasteiger partial charge in [0.2, 0.25) is 0 Å². The van der Waals surface area contributed by atoms with Gasteiger partial charge in [0.15, 0.2) is 5.78 Å². The maximum atomic E-state index is 11.7. The predicted octanol–water partition coefficient (Wildman–Crippen LogP) is 3.43. The van der Waals surface area contributed by atoms with E-state index in [9.17, 15) is 4.79 Å². The van der Waals surface area contributed by atoms with Gasteiger partial charge >= 0.3 is 0 Å².